The Kier molecular flexibility index (Phi) is 5.98. The fourth-order valence-electron chi connectivity index (χ4n) is 3.58. The van der Waals surface area contributed by atoms with E-state index in [9.17, 15) is 34.4 Å². The molecule has 0 aromatic heterocycles. The molecule has 0 spiro atoms. The van der Waals surface area contributed by atoms with Crippen LogP contribution in [0.2, 0.25) is 0 Å². The van der Waals surface area contributed by atoms with Crippen molar-refractivity contribution in [1.29, 1.82) is 0 Å². The molecule has 0 saturated heterocycles. The predicted molar refractivity (Wildman–Crippen MR) is 124 cm³/mol. The van der Waals surface area contributed by atoms with Crippen LogP contribution in [0, 0.1) is 17.0 Å². The van der Waals surface area contributed by atoms with Gasteiger partial charge in [0.15, 0.2) is 0 Å². The van der Waals surface area contributed by atoms with Gasteiger partial charge >= 0.3 is 0 Å². The number of nitro groups is 1. The maximum atomic E-state index is 12.5. The number of carbonyl (C=O) groups excluding carboxylic acids is 4. The molecule has 11 nitrogen and oxygen atoms in total. The van der Waals surface area contributed by atoms with Crippen LogP contribution < -0.4 is 10.6 Å². The number of rotatable bonds is 6. The lowest BCUT2D eigenvalue weighted by atomic mass is 10.1. The molecule has 1 aliphatic rings. The van der Waals surface area contributed by atoms with Crippen LogP contribution in [0.1, 0.15) is 36.6 Å². The van der Waals surface area contributed by atoms with Gasteiger partial charge in [-0.15, -0.1) is 0 Å². The number of amides is 4. The Morgan fingerprint density at radius 2 is 1.71 bits per heavy atom. The van der Waals surface area contributed by atoms with E-state index in [1.165, 1.54) is 24.3 Å². The second-order valence-electron chi connectivity index (χ2n) is 7.79. The minimum absolute atomic E-state index is 0.0280. The van der Waals surface area contributed by atoms with Gasteiger partial charge in [0.2, 0.25) is 5.91 Å². The molecule has 0 radical (unpaired) electrons. The van der Waals surface area contributed by atoms with E-state index in [0.29, 0.717) is 10.5 Å². The van der Waals surface area contributed by atoms with E-state index < -0.39 is 35.1 Å². The summed E-state index contributed by atoms with van der Waals surface area (Å²) in [5.41, 5.74) is 1.07. The molecule has 3 N–H and O–H groups in total. The van der Waals surface area contributed by atoms with Gasteiger partial charge < -0.3 is 15.7 Å². The second kappa shape index (κ2) is 9.06. The van der Waals surface area contributed by atoms with E-state index in [1.807, 2.05) is 13.0 Å². The number of nitrogens with one attached hydrogen (secondary N) is 2. The summed E-state index contributed by atoms with van der Waals surface area (Å²) in [5.74, 6) is -3.03. The van der Waals surface area contributed by atoms with Crippen molar-refractivity contribution in [1.82, 2.24) is 4.90 Å². The van der Waals surface area contributed by atoms with E-state index in [4.69, 9.17) is 0 Å². The number of benzene rings is 3. The van der Waals surface area contributed by atoms with Crippen LogP contribution in [0.3, 0.4) is 0 Å². The Balaban J connectivity index is 1.42. The number of phenolic OH excluding ortho intramolecular Hbond substituents is 1. The largest absolute Gasteiger partial charge is 0.506 e. The highest BCUT2D eigenvalue weighted by Crippen LogP contribution is 2.29. The first kappa shape index (κ1) is 23.1. The lowest BCUT2D eigenvalue weighted by Gasteiger charge is -2.14. The average Bonchev–Trinajstić information content (AvgIpc) is 3.05. The summed E-state index contributed by atoms with van der Waals surface area (Å²) in [4.78, 5) is 60.8. The molecule has 1 aliphatic heterocycles. The number of anilines is 2. The van der Waals surface area contributed by atoms with Crippen LogP contribution in [0.4, 0.5) is 17.1 Å². The number of non-ortho nitro benzene ring substituents is 1. The number of aryl methyl sites for hydroxylation is 1. The smallest absolute Gasteiger partial charge is 0.270 e. The van der Waals surface area contributed by atoms with E-state index in [1.54, 1.807) is 18.2 Å². The number of nitrogens with zero attached hydrogens (tertiary/aromatic N) is 2. The molecule has 0 unspecified atom stereocenters. The summed E-state index contributed by atoms with van der Waals surface area (Å²) in [6.07, 6.45) is 0. The number of phenols is 1. The SMILES string of the molecule is Cc1cccc(C(=O)Nc2ccc(NC(=O)CN3C(=O)c4ccc([N+](=O)[O-])cc4C3=O)cc2O)c1. The summed E-state index contributed by atoms with van der Waals surface area (Å²) >= 11 is 0. The number of carbonyl (C=O) groups is 4. The van der Waals surface area contributed by atoms with Gasteiger partial charge in [0.25, 0.3) is 23.4 Å². The highest BCUT2D eigenvalue weighted by atomic mass is 16.6. The molecule has 0 saturated carbocycles. The number of aromatic hydroxyl groups is 1. The number of imide groups is 1. The van der Waals surface area contributed by atoms with Crippen molar-refractivity contribution in [2.45, 2.75) is 6.92 Å². The topological polar surface area (TPSA) is 159 Å². The molecule has 0 aliphatic carbocycles. The molecular formula is C24H18N4O7. The predicted octanol–water partition coefficient (Wildman–Crippen LogP) is 3.10. The number of nitro benzene ring substituents is 1. The summed E-state index contributed by atoms with van der Waals surface area (Å²) in [7, 11) is 0. The molecule has 3 aromatic carbocycles. The van der Waals surface area contributed by atoms with Gasteiger partial charge in [0, 0.05) is 29.4 Å². The molecule has 35 heavy (non-hydrogen) atoms. The Labute approximate surface area is 198 Å². The minimum Gasteiger partial charge on any atom is -0.506 e. The summed E-state index contributed by atoms with van der Waals surface area (Å²) in [6, 6.07) is 14.2. The Morgan fingerprint density at radius 3 is 2.40 bits per heavy atom. The first-order chi connectivity index (χ1) is 16.6. The number of fused-ring (bicyclic) bond motifs is 1. The molecule has 1 heterocycles. The molecule has 3 aromatic rings. The highest BCUT2D eigenvalue weighted by molar-refractivity contribution is 6.23. The Hall–Kier alpha value is -5.06. The highest BCUT2D eigenvalue weighted by Gasteiger charge is 2.37. The summed E-state index contributed by atoms with van der Waals surface area (Å²) in [6.45, 7) is 1.21. The molecular weight excluding hydrogens is 456 g/mol. The fourth-order valence-corrected chi connectivity index (χ4v) is 3.58. The standard InChI is InChI=1S/C24H18N4O7/c1-13-3-2-4-14(9-13)22(31)26-19-8-5-15(10-20(19)29)25-21(30)12-27-23(32)17-7-6-16(28(34)35)11-18(17)24(27)33/h2-11,29H,12H2,1H3,(H,25,30)(H,26,31). The number of hydrogen-bond donors (Lipinski definition) is 3. The normalized spacial score (nSPS) is 12.3. The second-order valence-corrected chi connectivity index (χ2v) is 7.79. The van der Waals surface area contributed by atoms with Crippen LogP contribution in [-0.2, 0) is 4.79 Å². The molecule has 4 rings (SSSR count). The van der Waals surface area contributed by atoms with Gasteiger partial charge in [-0.3, -0.25) is 34.2 Å². The zero-order valence-electron chi connectivity index (χ0n) is 18.3. The lowest BCUT2D eigenvalue weighted by molar-refractivity contribution is -0.384. The molecule has 0 bridgehead atoms. The summed E-state index contributed by atoms with van der Waals surface area (Å²) < 4.78 is 0. The monoisotopic (exact) mass is 474 g/mol. The van der Waals surface area contributed by atoms with Gasteiger partial charge in [0.05, 0.1) is 21.7 Å². The van der Waals surface area contributed by atoms with Crippen molar-refractivity contribution in [2.24, 2.45) is 0 Å². The quantitative estimate of drug-likeness (QED) is 0.214. The van der Waals surface area contributed by atoms with E-state index >= 15 is 0 Å². The van der Waals surface area contributed by atoms with Gasteiger partial charge in [-0.25, -0.2) is 0 Å². The maximum Gasteiger partial charge on any atom is 0.270 e. The third-order valence-electron chi connectivity index (χ3n) is 5.28. The van der Waals surface area contributed by atoms with Crippen LogP contribution in [0.25, 0.3) is 0 Å². The van der Waals surface area contributed by atoms with Gasteiger partial charge in [0.1, 0.15) is 12.3 Å². The molecule has 4 amide bonds. The van der Waals surface area contributed by atoms with Crippen LogP contribution >= 0.6 is 0 Å². The fraction of sp³-hybridized carbons (Fsp3) is 0.0833. The Morgan fingerprint density at radius 1 is 0.971 bits per heavy atom. The third-order valence-corrected chi connectivity index (χ3v) is 5.28. The van der Waals surface area contributed by atoms with Crippen molar-refractivity contribution >= 4 is 40.7 Å². The van der Waals surface area contributed by atoms with Crippen molar-refractivity contribution < 1.29 is 29.2 Å². The van der Waals surface area contributed by atoms with Crippen molar-refractivity contribution in [3.8, 4) is 5.75 Å². The first-order valence-corrected chi connectivity index (χ1v) is 10.3. The van der Waals surface area contributed by atoms with E-state index in [2.05, 4.69) is 10.6 Å². The van der Waals surface area contributed by atoms with Gasteiger partial charge in [-0.1, -0.05) is 17.7 Å². The van der Waals surface area contributed by atoms with Crippen LogP contribution in [-0.4, -0.2) is 45.1 Å². The van der Waals surface area contributed by atoms with Crippen LogP contribution in [0.5, 0.6) is 5.75 Å². The average molecular weight is 474 g/mol. The molecule has 0 fully saturated rings. The molecule has 176 valence electrons. The van der Waals surface area contributed by atoms with Gasteiger partial charge in [-0.05, 0) is 37.3 Å². The molecule has 11 heteroatoms. The van der Waals surface area contributed by atoms with Crippen molar-refractivity contribution in [2.75, 3.05) is 17.2 Å². The maximum absolute atomic E-state index is 12.5. The lowest BCUT2D eigenvalue weighted by Crippen LogP contribution is -2.37. The van der Waals surface area contributed by atoms with E-state index in [0.717, 1.165) is 17.7 Å². The zero-order chi connectivity index (χ0) is 25.3. The summed E-state index contributed by atoms with van der Waals surface area (Å²) in [5, 5.41) is 26.2. The molecule has 0 atom stereocenters. The number of hydrogen-bond acceptors (Lipinski definition) is 7. The Bertz CT molecular complexity index is 1420. The van der Waals surface area contributed by atoms with Crippen LogP contribution in [0.15, 0.2) is 60.7 Å². The third kappa shape index (κ3) is 4.69. The zero-order valence-corrected chi connectivity index (χ0v) is 18.3. The minimum atomic E-state index is -0.819. The van der Waals surface area contributed by atoms with Crippen molar-refractivity contribution in [3.63, 3.8) is 0 Å². The van der Waals surface area contributed by atoms with Crippen molar-refractivity contribution in [3.05, 3.63) is 93.0 Å². The van der Waals surface area contributed by atoms with E-state index in [-0.39, 0.29) is 33.9 Å². The first-order valence-electron chi connectivity index (χ1n) is 10.3. The van der Waals surface area contributed by atoms with Gasteiger partial charge in [-0.2, -0.15) is 0 Å².